The number of benzene rings is 1. The number of halogens is 2. The molecule has 2 nitrogen and oxygen atoms in total. The molecule has 14 heavy (non-hydrogen) atoms. The highest BCUT2D eigenvalue weighted by Gasteiger charge is 2.08. The van der Waals surface area contributed by atoms with E-state index in [0.29, 0.717) is 17.4 Å². The number of rotatable bonds is 4. The zero-order valence-electron chi connectivity index (χ0n) is 7.59. The number of carbonyl (C=O) groups excluding carboxylic acids is 1. The maximum Gasteiger partial charge on any atom is 0.151 e. The Balaban J connectivity index is 2.96. The zero-order valence-corrected chi connectivity index (χ0v) is 9.94. The van der Waals surface area contributed by atoms with Crippen LogP contribution in [0.3, 0.4) is 0 Å². The van der Waals surface area contributed by atoms with Gasteiger partial charge in [0.25, 0.3) is 0 Å². The van der Waals surface area contributed by atoms with Crippen molar-refractivity contribution in [3.63, 3.8) is 0 Å². The number of nitrogen functional groups attached to an aromatic ring is 1. The van der Waals surface area contributed by atoms with Crippen molar-refractivity contribution in [3.05, 3.63) is 29.3 Å². The molecule has 0 amide bonds. The Morgan fingerprint density at radius 3 is 2.79 bits per heavy atom. The minimum Gasteiger partial charge on any atom is -0.398 e. The molecule has 0 spiro atoms. The normalized spacial score (nSPS) is 10.1. The first kappa shape index (κ1) is 11.5. The van der Waals surface area contributed by atoms with Crippen LogP contribution in [-0.4, -0.2) is 11.7 Å². The van der Waals surface area contributed by atoms with E-state index in [1.54, 1.807) is 0 Å². The molecule has 1 rings (SSSR count). The quantitative estimate of drug-likeness (QED) is 0.678. The summed E-state index contributed by atoms with van der Waals surface area (Å²) >= 11 is 8.79. The van der Waals surface area contributed by atoms with Gasteiger partial charge in [0.15, 0.2) is 5.78 Å². The molecule has 4 heteroatoms. The molecule has 0 saturated heterocycles. The predicted octanol–water partition coefficient (Wildman–Crippen LogP) is 2.51. The molecular weight excluding hydrogens is 265 g/mol. The Labute approximate surface area is 96.6 Å². The van der Waals surface area contributed by atoms with Gasteiger partial charge in [0.2, 0.25) is 0 Å². The molecule has 0 fully saturated rings. The van der Waals surface area contributed by atoms with Crippen LogP contribution in [0.15, 0.2) is 18.2 Å². The number of alkyl halides is 2. The summed E-state index contributed by atoms with van der Waals surface area (Å²) in [6.07, 6.45) is 0.357. The lowest BCUT2D eigenvalue weighted by Gasteiger charge is -2.08. The molecule has 0 bridgehead atoms. The number of nitrogens with two attached hydrogens (primary N) is 1. The minimum atomic E-state index is 0.0134. The fourth-order valence-corrected chi connectivity index (χ4v) is 2.02. The summed E-state index contributed by atoms with van der Waals surface area (Å²) in [5.74, 6) is 0.0655. The number of anilines is 1. The van der Waals surface area contributed by atoms with E-state index in [1.165, 1.54) is 0 Å². The molecule has 0 aromatic heterocycles. The Bertz CT molecular complexity index is 341. The van der Waals surface area contributed by atoms with Gasteiger partial charge in [-0.25, -0.2) is 0 Å². The molecule has 0 atom stereocenters. The van der Waals surface area contributed by atoms with Crippen LogP contribution in [0.1, 0.15) is 11.1 Å². The van der Waals surface area contributed by atoms with Gasteiger partial charge in [-0.3, -0.25) is 4.79 Å². The minimum absolute atomic E-state index is 0.0134. The Hall–Kier alpha value is -0.540. The number of Topliss-reactive ketones (excluding diaryl/α,β-unsaturated/α-hetero) is 1. The molecule has 2 N–H and O–H groups in total. The van der Waals surface area contributed by atoms with E-state index in [9.17, 15) is 4.79 Å². The smallest absolute Gasteiger partial charge is 0.151 e. The van der Waals surface area contributed by atoms with Crippen LogP contribution in [0.25, 0.3) is 0 Å². The van der Waals surface area contributed by atoms with E-state index in [0.717, 1.165) is 11.1 Å². The highest BCUT2D eigenvalue weighted by Crippen LogP contribution is 2.20. The average molecular weight is 277 g/mol. The summed E-state index contributed by atoms with van der Waals surface area (Å²) in [7, 11) is 0. The first-order valence-corrected chi connectivity index (χ1v) is 5.84. The van der Waals surface area contributed by atoms with Gasteiger partial charge < -0.3 is 5.73 Å². The first-order valence-electron chi connectivity index (χ1n) is 4.19. The highest BCUT2D eigenvalue weighted by molar-refractivity contribution is 9.08. The molecule has 0 saturated carbocycles. The lowest BCUT2D eigenvalue weighted by atomic mass is 10.0. The number of hydrogen-bond acceptors (Lipinski definition) is 2. The lowest BCUT2D eigenvalue weighted by Crippen LogP contribution is -2.07. The average Bonchev–Trinajstić information content (AvgIpc) is 2.18. The second-order valence-corrected chi connectivity index (χ2v) is 3.80. The third-order valence-electron chi connectivity index (χ3n) is 1.98. The maximum absolute atomic E-state index is 11.2. The molecule has 0 aliphatic carbocycles. The second-order valence-electron chi connectivity index (χ2n) is 2.97. The predicted molar refractivity (Wildman–Crippen MR) is 62.9 cm³/mol. The third-order valence-corrected chi connectivity index (χ3v) is 2.84. The van der Waals surface area contributed by atoms with Crippen molar-refractivity contribution in [1.29, 1.82) is 0 Å². The van der Waals surface area contributed by atoms with E-state index in [1.807, 2.05) is 18.2 Å². The molecule has 0 heterocycles. The summed E-state index contributed by atoms with van der Waals surface area (Å²) in [6.45, 7) is 0. The molecule has 0 aliphatic rings. The molecule has 0 radical (unpaired) electrons. The van der Waals surface area contributed by atoms with Crippen molar-refractivity contribution >= 4 is 39.0 Å². The molecular formula is C10H11BrClNO. The van der Waals surface area contributed by atoms with Crippen LogP contribution < -0.4 is 5.73 Å². The summed E-state index contributed by atoms with van der Waals surface area (Å²) in [5.41, 5.74) is 8.41. The van der Waals surface area contributed by atoms with E-state index < -0.39 is 0 Å². The Kier molecular flexibility index (Phi) is 4.42. The Morgan fingerprint density at radius 2 is 2.21 bits per heavy atom. The number of carbonyl (C=O) groups is 1. The zero-order chi connectivity index (χ0) is 10.6. The molecule has 1 aromatic rings. The standard InChI is InChI=1S/C10H11BrClNO/c11-5-9-7(4-8(14)6-12)2-1-3-10(9)13/h1-3H,4-6,13H2. The van der Waals surface area contributed by atoms with Gasteiger partial charge in [0, 0.05) is 17.4 Å². The summed E-state index contributed by atoms with van der Waals surface area (Å²) in [5, 5.41) is 0.657. The van der Waals surface area contributed by atoms with Gasteiger partial charge in [0.05, 0.1) is 5.88 Å². The molecule has 0 unspecified atom stereocenters. The van der Waals surface area contributed by atoms with Crippen LogP contribution in [0, 0.1) is 0 Å². The second kappa shape index (κ2) is 5.37. The summed E-state index contributed by atoms with van der Waals surface area (Å²) in [4.78, 5) is 11.2. The molecule has 1 aromatic carbocycles. The monoisotopic (exact) mass is 275 g/mol. The molecule has 76 valence electrons. The largest absolute Gasteiger partial charge is 0.398 e. The summed E-state index contributed by atoms with van der Waals surface area (Å²) < 4.78 is 0. The van der Waals surface area contributed by atoms with Crippen LogP contribution in [-0.2, 0) is 16.5 Å². The van der Waals surface area contributed by atoms with E-state index in [4.69, 9.17) is 17.3 Å². The van der Waals surface area contributed by atoms with Crippen molar-refractivity contribution in [1.82, 2.24) is 0 Å². The van der Waals surface area contributed by atoms with E-state index in [-0.39, 0.29) is 11.7 Å². The van der Waals surface area contributed by atoms with Gasteiger partial charge in [-0.1, -0.05) is 28.1 Å². The van der Waals surface area contributed by atoms with Crippen molar-refractivity contribution < 1.29 is 4.79 Å². The Morgan fingerprint density at radius 1 is 1.50 bits per heavy atom. The van der Waals surface area contributed by atoms with Crippen LogP contribution in [0.5, 0.6) is 0 Å². The van der Waals surface area contributed by atoms with Gasteiger partial charge in [-0.15, -0.1) is 11.6 Å². The maximum atomic E-state index is 11.2. The van der Waals surface area contributed by atoms with Crippen LogP contribution in [0.4, 0.5) is 5.69 Å². The summed E-state index contributed by atoms with van der Waals surface area (Å²) in [6, 6.07) is 5.57. The topological polar surface area (TPSA) is 43.1 Å². The van der Waals surface area contributed by atoms with Gasteiger partial charge >= 0.3 is 0 Å². The van der Waals surface area contributed by atoms with Gasteiger partial charge in [-0.2, -0.15) is 0 Å². The highest BCUT2D eigenvalue weighted by atomic mass is 79.9. The molecule has 0 aliphatic heterocycles. The lowest BCUT2D eigenvalue weighted by molar-refractivity contribution is -0.116. The van der Waals surface area contributed by atoms with Crippen LogP contribution >= 0.6 is 27.5 Å². The van der Waals surface area contributed by atoms with E-state index in [2.05, 4.69) is 15.9 Å². The van der Waals surface area contributed by atoms with Gasteiger partial charge in [0.1, 0.15) is 0 Å². The first-order chi connectivity index (χ1) is 6.69. The van der Waals surface area contributed by atoms with Crippen molar-refractivity contribution in [2.45, 2.75) is 11.8 Å². The fraction of sp³-hybridized carbons (Fsp3) is 0.300. The number of ketones is 1. The van der Waals surface area contributed by atoms with Gasteiger partial charge in [-0.05, 0) is 17.2 Å². The van der Waals surface area contributed by atoms with Crippen molar-refractivity contribution in [2.75, 3.05) is 11.6 Å². The van der Waals surface area contributed by atoms with E-state index >= 15 is 0 Å². The SMILES string of the molecule is Nc1cccc(CC(=O)CCl)c1CBr. The fourth-order valence-electron chi connectivity index (χ4n) is 1.24. The number of hydrogen-bond donors (Lipinski definition) is 1. The van der Waals surface area contributed by atoms with Crippen molar-refractivity contribution in [2.24, 2.45) is 0 Å². The third kappa shape index (κ3) is 2.72. The van der Waals surface area contributed by atoms with Crippen molar-refractivity contribution in [3.8, 4) is 0 Å². The van der Waals surface area contributed by atoms with Crippen LogP contribution in [0.2, 0.25) is 0 Å².